The van der Waals surface area contributed by atoms with Crippen LogP contribution in [0, 0.1) is 17.8 Å². The van der Waals surface area contributed by atoms with Crippen LogP contribution in [0.4, 0.5) is 0 Å². The van der Waals surface area contributed by atoms with Gasteiger partial charge in [0.2, 0.25) is 0 Å². The molecule has 0 bridgehead atoms. The van der Waals surface area contributed by atoms with Crippen LogP contribution in [0.2, 0.25) is 0 Å². The Kier molecular flexibility index (Phi) is 22.4. The van der Waals surface area contributed by atoms with Crippen LogP contribution in [0.5, 0.6) is 0 Å². The maximum absolute atomic E-state index is 5.64. The van der Waals surface area contributed by atoms with Gasteiger partial charge in [0.25, 0.3) is 0 Å². The summed E-state index contributed by atoms with van der Waals surface area (Å²) in [6.07, 6.45) is 29.5. The molecule has 8 heterocycles. The fraction of sp³-hybridized carbons (Fsp3) is 0.375. The lowest BCUT2D eigenvalue weighted by molar-refractivity contribution is 0.242. The highest BCUT2D eigenvalue weighted by molar-refractivity contribution is 8.15. The molecule has 10 nitrogen and oxygen atoms in total. The molecule has 84 heavy (non-hydrogen) atoms. The number of rotatable bonds is 7. The van der Waals surface area contributed by atoms with Crippen molar-refractivity contribution < 1.29 is 9.15 Å². The second-order valence-corrected chi connectivity index (χ2v) is 26.1. The molecule has 0 spiro atoms. The molecule has 3 aliphatic carbocycles. The van der Waals surface area contributed by atoms with Crippen molar-refractivity contribution >= 4 is 77.4 Å². The lowest BCUT2D eigenvalue weighted by Crippen LogP contribution is -2.34. The first-order valence-electron chi connectivity index (χ1n) is 30.1. The van der Waals surface area contributed by atoms with E-state index in [9.17, 15) is 0 Å². The molecule has 5 aromatic heterocycles. The predicted molar refractivity (Wildman–Crippen MR) is 362 cm³/mol. The molecule has 3 aromatic carbocycles. The summed E-state index contributed by atoms with van der Waals surface area (Å²) in [4.78, 5) is 15.2. The number of para-hydroxylation sites is 1. The topological polar surface area (TPSA) is 107 Å². The number of aromatic nitrogens is 4. The summed E-state index contributed by atoms with van der Waals surface area (Å²) in [7, 11) is 0. The van der Waals surface area contributed by atoms with Crippen LogP contribution >= 0.6 is 23.1 Å². The van der Waals surface area contributed by atoms with Crippen molar-refractivity contribution in [2.45, 2.75) is 156 Å². The molecule has 6 unspecified atom stereocenters. The number of thiophene rings is 1. The smallest absolute Gasteiger partial charge is 0.187 e. The number of pyridine rings is 1. The van der Waals surface area contributed by atoms with Gasteiger partial charge in [-0.1, -0.05) is 211 Å². The largest absolute Gasteiger partial charge is 0.471 e. The number of amidine groups is 1. The van der Waals surface area contributed by atoms with E-state index in [1.807, 2.05) is 99.2 Å². The molecule has 14 rings (SSSR count). The zero-order chi connectivity index (χ0) is 59.9. The molecule has 12 heteroatoms. The van der Waals surface area contributed by atoms with Gasteiger partial charge in [-0.15, -0.1) is 23.1 Å². The van der Waals surface area contributed by atoms with Gasteiger partial charge in [0.1, 0.15) is 29.3 Å². The first kappa shape index (κ1) is 62.8. The first-order valence-corrected chi connectivity index (χ1v) is 31.8. The van der Waals surface area contributed by atoms with Crippen LogP contribution in [0.15, 0.2) is 214 Å². The fourth-order valence-corrected chi connectivity index (χ4v) is 11.7. The summed E-state index contributed by atoms with van der Waals surface area (Å²) >= 11 is 3.82. The van der Waals surface area contributed by atoms with Gasteiger partial charge >= 0.3 is 0 Å². The van der Waals surface area contributed by atoms with Gasteiger partial charge in [-0.05, 0) is 85.7 Å². The SMILES string of the molecule is CC(C)C1=NC2C=CC=CC2N1.CC(C)C1=NC2C=CC=CC2O1.CC(C)C1=NC2C=CC=CC2S1.CC(C)c1cc2ccccc2o1.CC(C)c1cc2ccccc2s1.CC(C)c1cc2ccccn2n1.CC(C)n1cc2ccccc2n1. The molecule has 0 fully saturated rings. The van der Waals surface area contributed by atoms with Gasteiger partial charge in [0, 0.05) is 62.5 Å². The molecule has 3 aliphatic heterocycles. The number of hydrogen-bond donors (Lipinski definition) is 1. The minimum absolute atomic E-state index is 0.160. The van der Waals surface area contributed by atoms with Crippen molar-refractivity contribution in [2.75, 3.05) is 0 Å². The molecule has 0 amide bonds. The minimum Gasteiger partial charge on any atom is -0.471 e. The van der Waals surface area contributed by atoms with E-state index in [1.165, 1.54) is 36.3 Å². The minimum atomic E-state index is 0.160. The summed E-state index contributed by atoms with van der Waals surface area (Å²) < 4.78 is 16.6. The van der Waals surface area contributed by atoms with Gasteiger partial charge < -0.3 is 14.5 Å². The lowest BCUT2D eigenvalue weighted by Gasteiger charge is -2.14. The highest BCUT2D eigenvalue weighted by Gasteiger charge is 2.30. The summed E-state index contributed by atoms with van der Waals surface area (Å²) in [5.74, 6) is 6.22. The number of fused-ring (bicyclic) bond motifs is 7. The van der Waals surface area contributed by atoms with Crippen molar-refractivity contribution in [1.29, 1.82) is 0 Å². The van der Waals surface area contributed by atoms with E-state index < -0.39 is 0 Å². The van der Waals surface area contributed by atoms with Crippen LogP contribution in [0.3, 0.4) is 0 Å². The summed E-state index contributed by atoms with van der Waals surface area (Å²) in [5, 5.41) is 17.9. The highest BCUT2D eigenvalue weighted by Crippen LogP contribution is 2.34. The maximum Gasteiger partial charge on any atom is 0.187 e. The molecular formula is C72H88N8O2S2. The molecular weight excluding hydrogens is 1070 g/mol. The molecule has 6 aliphatic rings. The monoisotopic (exact) mass is 1160 g/mol. The normalized spacial score (nSPS) is 20.1. The van der Waals surface area contributed by atoms with E-state index in [0.29, 0.717) is 64.9 Å². The molecule has 6 atom stereocenters. The van der Waals surface area contributed by atoms with Crippen molar-refractivity contribution in [2.24, 2.45) is 32.7 Å². The Morgan fingerprint density at radius 1 is 0.524 bits per heavy atom. The average Bonchev–Trinajstić information content (AvgIpc) is 4.57. The van der Waals surface area contributed by atoms with E-state index in [4.69, 9.17) is 9.15 Å². The quantitative estimate of drug-likeness (QED) is 0.170. The summed E-state index contributed by atoms with van der Waals surface area (Å²) in [6, 6.07) is 39.3. The van der Waals surface area contributed by atoms with E-state index in [1.54, 1.807) is 0 Å². The van der Waals surface area contributed by atoms with Gasteiger partial charge in [0.05, 0.1) is 45.1 Å². The Bertz CT molecular complexity index is 3100. The van der Waals surface area contributed by atoms with Crippen LogP contribution < -0.4 is 5.32 Å². The second-order valence-electron chi connectivity index (χ2n) is 23.8. The number of nitrogens with one attached hydrogen (secondary N) is 1. The number of benzene rings is 3. The number of nitrogens with zero attached hydrogens (tertiary/aromatic N) is 7. The van der Waals surface area contributed by atoms with Crippen molar-refractivity contribution in [1.82, 2.24) is 24.7 Å². The number of hydrogen-bond acceptors (Lipinski definition) is 10. The van der Waals surface area contributed by atoms with Gasteiger partial charge in [-0.25, -0.2) is 9.51 Å². The zero-order valence-electron chi connectivity index (χ0n) is 51.7. The highest BCUT2D eigenvalue weighted by atomic mass is 32.2. The Morgan fingerprint density at radius 3 is 1.80 bits per heavy atom. The Labute approximate surface area is 508 Å². The van der Waals surface area contributed by atoms with Crippen LogP contribution in [0.25, 0.3) is 37.5 Å². The number of thioether (sulfide) groups is 1. The second kappa shape index (κ2) is 30.0. The standard InChI is InChI=1S/C11H12O.C11H12S.2C10H12N2.C10H14N2.C10H13NO.C10H13NS/c2*1-8(2)11-7-9-5-3-4-6-10(9)12-11;1-8(2)10-7-9-5-3-4-6-12(9)11-10;1-8(2)12-7-9-5-3-4-6-10(9)11-12;3*1-7(2)10-11-8-5-3-4-6-9(8)12-10/h4*3-8H,1-2H3;3-9H,1-2H3,(H,11,12);2*3-9H,1-2H3. The third-order valence-corrected chi connectivity index (χ3v) is 17.3. The van der Waals surface area contributed by atoms with Gasteiger partial charge in [-0.2, -0.15) is 10.2 Å². The number of aliphatic imine (C=N–C) groups is 3. The van der Waals surface area contributed by atoms with E-state index in [-0.39, 0.29) is 12.1 Å². The Hall–Kier alpha value is -7.28. The number of furan rings is 1. The number of ether oxygens (including phenoxy) is 1. The lowest BCUT2D eigenvalue weighted by atomic mass is 10.1. The van der Waals surface area contributed by atoms with Crippen LogP contribution in [-0.4, -0.2) is 71.7 Å². The zero-order valence-corrected chi connectivity index (χ0v) is 53.4. The van der Waals surface area contributed by atoms with E-state index in [2.05, 4.69) is 255 Å². The van der Waals surface area contributed by atoms with E-state index in [0.717, 1.165) is 34.3 Å². The Balaban J connectivity index is 0.000000128. The van der Waals surface area contributed by atoms with Crippen molar-refractivity contribution in [3.8, 4) is 0 Å². The maximum atomic E-state index is 5.64. The first-order chi connectivity index (χ1) is 40.4. The van der Waals surface area contributed by atoms with Crippen LogP contribution in [0.1, 0.15) is 137 Å². The molecule has 1 N–H and O–H groups in total. The third kappa shape index (κ3) is 17.2. The van der Waals surface area contributed by atoms with Crippen molar-refractivity contribution in [3.05, 3.63) is 211 Å². The summed E-state index contributed by atoms with van der Waals surface area (Å²) in [6.45, 7) is 30.3. The fourth-order valence-electron chi connectivity index (χ4n) is 9.40. The predicted octanol–water partition coefficient (Wildman–Crippen LogP) is 18.7. The molecule has 0 saturated carbocycles. The van der Waals surface area contributed by atoms with Gasteiger partial charge in [0.15, 0.2) is 5.90 Å². The number of allylic oxidation sites excluding steroid dienone is 6. The van der Waals surface area contributed by atoms with Crippen LogP contribution in [-0.2, 0) is 4.74 Å². The van der Waals surface area contributed by atoms with E-state index >= 15 is 0 Å². The molecule has 0 saturated heterocycles. The van der Waals surface area contributed by atoms with Crippen molar-refractivity contribution in [3.63, 3.8) is 0 Å². The molecule has 440 valence electrons. The van der Waals surface area contributed by atoms with Gasteiger partial charge in [-0.3, -0.25) is 14.7 Å². The summed E-state index contributed by atoms with van der Waals surface area (Å²) in [5.41, 5.74) is 4.38. The third-order valence-electron chi connectivity index (χ3n) is 14.4. The molecule has 8 aromatic rings. The molecule has 0 radical (unpaired) electrons. The Morgan fingerprint density at radius 2 is 1.18 bits per heavy atom. The average molecular weight is 1160 g/mol.